The van der Waals surface area contributed by atoms with Gasteiger partial charge < -0.3 is 10.6 Å². The van der Waals surface area contributed by atoms with Gasteiger partial charge >= 0.3 is 0 Å². The number of carbonyl (C=O) groups excluding carboxylic acids is 1. The van der Waals surface area contributed by atoms with Crippen LogP contribution < -0.4 is 10.6 Å². The highest BCUT2D eigenvalue weighted by molar-refractivity contribution is 5.94. The van der Waals surface area contributed by atoms with Gasteiger partial charge in [0.1, 0.15) is 0 Å². The molecule has 0 radical (unpaired) electrons. The molecule has 1 aromatic carbocycles. The molecule has 2 N–H and O–H groups in total. The zero-order chi connectivity index (χ0) is 14.5. The quantitative estimate of drug-likeness (QED) is 0.897. The molecule has 0 spiro atoms. The van der Waals surface area contributed by atoms with Gasteiger partial charge in [-0.05, 0) is 56.7 Å². The Hall–Kier alpha value is -1.35. The highest BCUT2D eigenvalue weighted by Crippen LogP contribution is 2.29. The maximum Gasteiger partial charge on any atom is 0.226 e. The Labute approximate surface area is 122 Å². The second-order valence-corrected chi connectivity index (χ2v) is 6.00. The van der Waals surface area contributed by atoms with Gasteiger partial charge in [-0.25, -0.2) is 0 Å². The van der Waals surface area contributed by atoms with E-state index in [1.807, 2.05) is 4.90 Å². The molecule has 1 unspecified atom stereocenters. The van der Waals surface area contributed by atoms with Crippen LogP contribution in [0.3, 0.4) is 0 Å². The van der Waals surface area contributed by atoms with Crippen molar-refractivity contribution in [3.05, 3.63) is 29.3 Å². The molecule has 1 atom stereocenters. The first-order chi connectivity index (χ1) is 9.61. The highest BCUT2D eigenvalue weighted by Gasteiger charge is 2.22. The Morgan fingerprint density at radius 3 is 2.95 bits per heavy atom. The minimum absolute atomic E-state index is 0.263. The summed E-state index contributed by atoms with van der Waals surface area (Å²) >= 11 is 0. The number of anilines is 1. The van der Waals surface area contributed by atoms with E-state index in [0.717, 1.165) is 37.9 Å². The first kappa shape index (κ1) is 15.0. The highest BCUT2D eigenvalue weighted by atomic mass is 16.2. The third-order valence-electron chi connectivity index (χ3n) is 4.17. The molecular weight excluding hydrogens is 248 g/mol. The van der Waals surface area contributed by atoms with Gasteiger partial charge in [-0.3, -0.25) is 4.79 Å². The number of nitrogens with zero attached hydrogens (tertiary/aromatic N) is 1. The molecule has 0 saturated carbocycles. The molecular formula is C17H26N2O. The molecule has 3 heteroatoms. The smallest absolute Gasteiger partial charge is 0.226 e. The number of benzene rings is 1. The van der Waals surface area contributed by atoms with Crippen LogP contribution in [0.1, 0.15) is 43.7 Å². The molecule has 2 rings (SSSR count). The monoisotopic (exact) mass is 274 g/mol. The van der Waals surface area contributed by atoms with Crippen molar-refractivity contribution in [3.8, 4) is 0 Å². The third-order valence-corrected chi connectivity index (χ3v) is 4.17. The summed E-state index contributed by atoms with van der Waals surface area (Å²) in [4.78, 5) is 14.4. The molecule has 3 nitrogen and oxygen atoms in total. The number of fused-ring (bicyclic) bond motifs is 1. The van der Waals surface area contributed by atoms with Crippen molar-refractivity contribution in [1.82, 2.24) is 0 Å². The Morgan fingerprint density at radius 1 is 1.40 bits per heavy atom. The van der Waals surface area contributed by atoms with Crippen LogP contribution in [-0.4, -0.2) is 19.0 Å². The topological polar surface area (TPSA) is 46.3 Å². The van der Waals surface area contributed by atoms with E-state index >= 15 is 0 Å². The first-order valence-electron chi connectivity index (χ1n) is 7.71. The largest absolute Gasteiger partial charge is 0.330 e. The number of carbonyl (C=O) groups is 1. The summed E-state index contributed by atoms with van der Waals surface area (Å²) in [6.45, 7) is 5.85. The maximum atomic E-state index is 12.4. The zero-order valence-corrected chi connectivity index (χ0v) is 12.7. The summed E-state index contributed by atoms with van der Waals surface area (Å²) in [5.74, 6) is 0.796. The summed E-state index contributed by atoms with van der Waals surface area (Å²) in [7, 11) is 0. The van der Waals surface area contributed by atoms with E-state index in [4.69, 9.17) is 5.73 Å². The molecule has 1 aliphatic rings. The van der Waals surface area contributed by atoms with Crippen LogP contribution in [0.5, 0.6) is 0 Å². The number of nitrogens with two attached hydrogens (primary N) is 1. The number of hydrogen-bond acceptors (Lipinski definition) is 2. The molecule has 0 bridgehead atoms. The molecule has 0 saturated heterocycles. The minimum atomic E-state index is 0.263. The average Bonchev–Trinajstić information content (AvgIpc) is 2.44. The van der Waals surface area contributed by atoms with Crippen LogP contribution >= 0.6 is 0 Å². The van der Waals surface area contributed by atoms with E-state index in [-0.39, 0.29) is 5.91 Å². The Bertz CT molecular complexity index is 470. The lowest BCUT2D eigenvalue weighted by Gasteiger charge is -2.30. The number of rotatable bonds is 5. The number of hydrogen-bond donors (Lipinski definition) is 1. The molecule has 0 aromatic heterocycles. The van der Waals surface area contributed by atoms with Crippen LogP contribution in [0.2, 0.25) is 0 Å². The second kappa shape index (κ2) is 6.89. The molecule has 110 valence electrons. The molecule has 1 aliphatic heterocycles. The number of aryl methyl sites for hydroxylation is 2. The summed E-state index contributed by atoms with van der Waals surface area (Å²) in [5.41, 5.74) is 9.28. The fourth-order valence-corrected chi connectivity index (χ4v) is 2.92. The van der Waals surface area contributed by atoms with E-state index in [1.165, 1.54) is 11.1 Å². The van der Waals surface area contributed by atoms with E-state index in [0.29, 0.717) is 18.9 Å². The molecule has 20 heavy (non-hydrogen) atoms. The molecule has 0 aliphatic carbocycles. The van der Waals surface area contributed by atoms with Gasteiger partial charge in [0.05, 0.1) is 0 Å². The van der Waals surface area contributed by atoms with Crippen LogP contribution in [-0.2, 0) is 11.2 Å². The van der Waals surface area contributed by atoms with Crippen molar-refractivity contribution >= 4 is 11.6 Å². The van der Waals surface area contributed by atoms with Crippen molar-refractivity contribution in [2.45, 2.75) is 46.0 Å². The predicted octanol–water partition coefficient (Wildman–Crippen LogP) is 3.04. The molecule has 0 fully saturated rings. The fraction of sp³-hybridized carbons (Fsp3) is 0.588. The Morgan fingerprint density at radius 2 is 2.20 bits per heavy atom. The fourth-order valence-electron chi connectivity index (χ4n) is 2.92. The molecule has 1 aromatic rings. The summed E-state index contributed by atoms with van der Waals surface area (Å²) in [5, 5.41) is 0. The van der Waals surface area contributed by atoms with Gasteiger partial charge in [0.25, 0.3) is 0 Å². The first-order valence-corrected chi connectivity index (χ1v) is 7.71. The summed E-state index contributed by atoms with van der Waals surface area (Å²) in [6, 6.07) is 6.42. The summed E-state index contributed by atoms with van der Waals surface area (Å²) in [6.07, 6.45) is 4.73. The van der Waals surface area contributed by atoms with Gasteiger partial charge in [0, 0.05) is 18.7 Å². The van der Waals surface area contributed by atoms with Crippen molar-refractivity contribution in [2.75, 3.05) is 18.0 Å². The SMILES string of the molecule is Cc1ccc2c(c1)CCCN2C(=O)CCC(C)CCN. The minimum Gasteiger partial charge on any atom is -0.330 e. The van der Waals surface area contributed by atoms with Gasteiger partial charge in [0.15, 0.2) is 0 Å². The third kappa shape index (κ3) is 3.60. The van der Waals surface area contributed by atoms with E-state index in [2.05, 4.69) is 32.0 Å². The van der Waals surface area contributed by atoms with Crippen LogP contribution in [0.15, 0.2) is 18.2 Å². The lowest BCUT2D eigenvalue weighted by molar-refractivity contribution is -0.119. The van der Waals surface area contributed by atoms with Crippen LogP contribution in [0.4, 0.5) is 5.69 Å². The van der Waals surface area contributed by atoms with E-state index in [9.17, 15) is 4.79 Å². The maximum absolute atomic E-state index is 12.4. The Kier molecular flexibility index (Phi) is 5.18. The van der Waals surface area contributed by atoms with E-state index < -0.39 is 0 Å². The molecule has 1 heterocycles. The van der Waals surface area contributed by atoms with Crippen molar-refractivity contribution in [1.29, 1.82) is 0 Å². The van der Waals surface area contributed by atoms with Crippen LogP contribution in [0.25, 0.3) is 0 Å². The normalized spacial score (nSPS) is 15.8. The lowest BCUT2D eigenvalue weighted by Crippen LogP contribution is -2.35. The van der Waals surface area contributed by atoms with Gasteiger partial charge in [-0.2, -0.15) is 0 Å². The Balaban J connectivity index is 2.01. The lowest BCUT2D eigenvalue weighted by atomic mass is 9.97. The second-order valence-electron chi connectivity index (χ2n) is 6.00. The van der Waals surface area contributed by atoms with E-state index in [1.54, 1.807) is 0 Å². The van der Waals surface area contributed by atoms with Crippen molar-refractivity contribution in [2.24, 2.45) is 11.7 Å². The van der Waals surface area contributed by atoms with Gasteiger partial charge in [0.2, 0.25) is 5.91 Å². The predicted molar refractivity (Wildman–Crippen MR) is 83.9 cm³/mol. The standard InChI is InChI=1S/C17H26N2O/c1-13(9-10-18)6-8-17(20)19-11-3-4-15-12-14(2)5-7-16(15)19/h5,7,12-13H,3-4,6,8-11,18H2,1-2H3. The number of amides is 1. The van der Waals surface area contributed by atoms with Crippen molar-refractivity contribution in [3.63, 3.8) is 0 Å². The summed E-state index contributed by atoms with van der Waals surface area (Å²) < 4.78 is 0. The molecule has 1 amide bonds. The van der Waals surface area contributed by atoms with Crippen molar-refractivity contribution < 1.29 is 4.79 Å². The van der Waals surface area contributed by atoms with Gasteiger partial charge in [-0.1, -0.05) is 24.6 Å². The van der Waals surface area contributed by atoms with Crippen LogP contribution in [0, 0.1) is 12.8 Å². The van der Waals surface area contributed by atoms with Gasteiger partial charge in [-0.15, -0.1) is 0 Å². The average molecular weight is 274 g/mol. The zero-order valence-electron chi connectivity index (χ0n) is 12.7.